The molecule has 1 aliphatic heterocycles. The molecule has 2 N–H and O–H groups in total. The second-order valence-electron chi connectivity index (χ2n) is 14.6. The highest BCUT2D eigenvalue weighted by atomic mass is 32.2. The number of amides is 1. The average Bonchev–Trinajstić information content (AvgIpc) is 3.49. The van der Waals surface area contributed by atoms with E-state index in [4.69, 9.17) is 9.47 Å². The summed E-state index contributed by atoms with van der Waals surface area (Å²) in [5.41, 5.74) is 6.21. The molecule has 1 amide bonds. The number of carboxylic acids is 1. The second-order valence-corrected chi connectivity index (χ2v) is 16.0. The van der Waals surface area contributed by atoms with E-state index in [1.807, 2.05) is 60.7 Å². The fourth-order valence-corrected chi connectivity index (χ4v) is 7.73. The first-order valence-electron chi connectivity index (χ1n) is 19.1. The molecule has 3 aromatic carbocycles. The summed E-state index contributed by atoms with van der Waals surface area (Å²) in [6.45, 7) is 13.5. The summed E-state index contributed by atoms with van der Waals surface area (Å²) < 4.78 is 26.9. The summed E-state index contributed by atoms with van der Waals surface area (Å²) in [6, 6.07) is 23.3. The lowest BCUT2D eigenvalue weighted by Crippen LogP contribution is -2.40. The van der Waals surface area contributed by atoms with Gasteiger partial charge in [-0.25, -0.2) is 0 Å². The highest BCUT2D eigenvalue weighted by molar-refractivity contribution is 7.84. The molecule has 0 spiro atoms. The smallest absolute Gasteiger partial charge is 0.310 e. The number of fused-ring (bicyclic) bond motifs is 1. The van der Waals surface area contributed by atoms with Gasteiger partial charge in [-0.3, -0.25) is 13.8 Å². The second kappa shape index (κ2) is 19.1. The Hall–Kier alpha value is -4.67. The summed E-state index contributed by atoms with van der Waals surface area (Å²) in [5.74, 6) is 0.147. The average molecular weight is 754 g/mol. The van der Waals surface area contributed by atoms with E-state index in [0.717, 1.165) is 71.8 Å². The van der Waals surface area contributed by atoms with E-state index in [1.165, 1.54) is 0 Å². The minimum Gasteiger partial charge on any atom is -0.491 e. The SMILES string of the molecule is CCCCOCCOc1ccc(-c2ccc3c(c2)/C=C(/C(=O)Nc2ccc(S(=O)Cc4ccn(CCC)c4C)cc2)CCCN3CC(C)(C)C(=O)O)cc1. The molecule has 0 aliphatic carbocycles. The number of rotatable bonds is 18. The van der Waals surface area contributed by atoms with Gasteiger partial charge in [-0.1, -0.05) is 38.5 Å². The molecule has 1 unspecified atom stereocenters. The van der Waals surface area contributed by atoms with Gasteiger partial charge in [-0.05, 0) is 129 Å². The lowest BCUT2D eigenvalue weighted by atomic mass is 9.91. The minimum absolute atomic E-state index is 0.201. The number of carbonyl (C=O) groups excluding carboxylic acids is 1. The summed E-state index contributed by atoms with van der Waals surface area (Å²) >= 11 is 0. The Labute approximate surface area is 322 Å². The molecule has 1 atom stereocenters. The van der Waals surface area contributed by atoms with Crippen molar-refractivity contribution in [2.24, 2.45) is 5.41 Å². The Morgan fingerprint density at radius 2 is 1.67 bits per heavy atom. The van der Waals surface area contributed by atoms with Crippen LogP contribution in [-0.2, 0) is 37.4 Å². The molecule has 0 bridgehead atoms. The maximum absolute atomic E-state index is 13.8. The van der Waals surface area contributed by atoms with Crippen molar-refractivity contribution in [3.05, 3.63) is 101 Å². The standard InChI is InChI=1S/C44H55N3O6S/c1-6-8-25-52-26-27-53-39-16-11-33(12-17-39)34-13-20-41-37(28-34)29-35(10-9-23-47(41)31-44(4,5)43(49)50)42(48)45-38-14-18-40(19-15-38)54(51)30-36-21-24-46(22-7-2)32(36)3/h11-21,24,28-29H,6-10,22-23,25-27,30-31H2,1-5H3,(H,45,48)(H,49,50)/b35-29+. The van der Waals surface area contributed by atoms with Crippen LogP contribution in [0.3, 0.4) is 0 Å². The van der Waals surface area contributed by atoms with E-state index in [0.29, 0.717) is 61.1 Å². The molecule has 0 saturated heterocycles. The lowest BCUT2D eigenvalue weighted by Gasteiger charge is -2.34. The van der Waals surface area contributed by atoms with Crippen LogP contribution in [0.5, 0.6) is 5.75 Å². The fourth-order valence-electron chi connectivity index (χ4n) is 6.54. The zero-order valence-electron chi connectivity index (χ0n) is 32.4. The molecular weight excluding hydrogens is 699 g/mol. The van der Waals surface area contributed by atoms with Gasteiger partial charge in [0.1, 0.15) is 12.4 Å². The van der Waals surface area contributed by atoms with Gasteiger partial charge in [0.25, 0.3) is 5.91 Å². The Morgan fingerprint density at radius 1 is 0.926 bits per heavy atom. The molecule has 10 heteroatoms. The number of aromatic nitrogens is 1. The monoisotopic (exact) mass is 753 g/mol. The third-order valence-corrected chi connectivity index (χ3v) is 11.2. The van der Waals surface area contributed by atoms with E-state index >= 15 is 0 Å². The first kappa shape index (κ1) is 40.5. The van der Waals surface area contributed by atoms with E-state index in [2.05, 4.69) is 47.8 Å². The van der Waals surface area contributed by atoms with E-state index in [1.54, 1.807) is 26.0 Å². The predicted molar refractivity (Wildman–Crippen MR) is 219 cm³/mol. The van der Waals surface area contributed by atoms with Crippen molar-refractivity contribution >= 4 is 40.1 Å². The first-order valence-corrected chi connectivity index (χ1v) is 20.4. The van der Waals surface area contributed by atoms with Crippen molar-refractivity contribution in [1.82, 2.24) is 4.57 Å². The molecular formula is C44H55N3O6S. The maximum atomic E-state index is 13.8. The Morgan fingerprint density at radius 3 is 2.37 bits per heavy atom. The Balaban J connectivity index is 1.34. The zero-order valence-corrected chi connectivity index (χ0v) is 33.2. The van der Waals surface area contributed by atoms with Gasteiger partial charge in [0.05, 0.1) is 28.6 Å². The summed E-state index contributed by atoms with van der Waals surface area (Å²) in [4.78, 5) is 28.7. The van der Waals surface area contributed by atoms with Crippen LogP contribution in [0.4, 0.5) is 11.4 Å². The molecule has 54 heavy (non-hydrogen) atoms. The largest absolute Gasteiger partial charge is 0.491 e. The van der Waals surface area contributed by atoms with Crippen LogP contribution in [0.1, 0.15) is 76.6 Å². The van der Waals surface area contributed by atoms with E-state index in [9.17, 15) is 18.9 Å². The molecule has 4 aromatic rings. The zero-order chi connectivity index (χ0) is 38.7. The molecule has 0 fully saturated rings. The minimum atomic E-state index is -1.22. The molecule has 1 aliphatic rings. The van der Waals surface area contributed by atoms with Gasteiger partial charge in [0.2, 0.25) is 0 Å². The number of hydrogen-bond acceptors (Lipinski definition) is 6. The van der Waals surface area contributed by atoms with Crippen molar-refractivity contribution in [3.63, 3.8) is 0 Å². The van der Waals surface area contributed by atoms with Crippen LogP contribution in [0, 0.1) is 12.3 Å². The number of carbonyl (C=O) groups is 2. The maximum Gasteiger partial charge on any atom is 0.310 e. The van der Waals surface area contributed by atoms with Crippen molar-refractivity contribution in [2.45, 2.75) is 83.9 Å². The lowest BCUT2D eigenvalue weighted by molar-refractivity contribution is -0.146. The van der Waals surface area contributed by atoms with Gasteiger partial charge in [0, 0.05) is 60.0 Å². The molecule has 1 aromatic heterocycles. The third-order valence-electron chi connectivity index (χ3n) is 9.83. The highest BCUT2D eigenvalue weighted by Crippen LogP contribution is 2.35. The van der Waals surface area contributed by atoms with Gasteiger partial charge in [0.15, 0.2) is 0 Å². The molecule has 5 rings (SSSR count). The number of benzene rings is 3. The van der Waals surface area contributed by atoms with Crippen molar-refractivity contribution in [2.75, 3.05) is 43.1 Å². The number of anilines is 2. The third kappa shape index (κ3) is 10.7. The van der Waals surface area contributed by atoms with E-state index < -0.39 is 22.2 Å². The summed E-state index contributed by atoms with van der Waals surface area (Å²) in [5, 5.41) is 13.0. The number of unbranched alkanes of at least 4 members (excludes halogenated alkanes) is 1. The number of ether oxygens (including phenoxy) is 2. The van der Waals surface area contributed by atoms with Crippen LogP contribution in [0.2, 0.25) is 0 Å². The molecule has 0 radical (unpaired) electrons. The number of carboxylic acid groups (broad SMARTS) is 1. The summed E-state index contributed by atoms with van der Waals surface area (Å²) in [7, 11) is -1.22. The fraction of sp³-hybridized carbons (Fsp3) is 0.409. The van der Waals surface area contributed by atoms with Crippen LogP contribution >= 0.6 is 0 Å². The summed E-state index contributed by atoms with van der Waals surface area (Å²) in [6.07, 6.45) is 8.37. The van der Waals surface area contributed by atoms with Crippen molar-refractivity contribution < 1.29 is 28.4 Å². The molecule has 288 valence electrons. The normalized spacial score (nSPS) is 14.7. The quantitative estimate of drug-likeness (QED) is 0.0976. The van der Waals surface area contributed by atoms with Crippen LogP contribution in [0.25, 0.3) is 17.2 Å². The highest BCUT2D eigenvalue weighted by Gasteiger charge is 2.31. The van der Waals surface area contributed by atoms with Crippen molar-refractivity contribution in [1.29, 1.82) is 0 Å². The van der Waals surface area contributed by atoms with Crippen LogP contribution in [-0.4, -0.2) is 58.7 Å². The topological polar surface area (TPSA) is 110 Å². The first-order chi connectivity index (χ1) is 26.0. The number of aliphatic carboxylic acids is 1. The predicted octanol–water partition coefficient (Wildman–Crippen LogP) is 9.11. The van der Waals surface area contributed by atoms with E-state index in [-0.39, 0.29) is 5.91 Å². The number of aryl methyl sites for hydroxylation is 1. The Kier molecular flexibility index (Phi) is 14.3. The molecule has 9 nitrogen and oxygen atoms in total. The molecule has 2 heterocycles. The van der Waals surface area contributed by atoms with Gasteiger partial charge >= 0.3 is 5.97 Å². The van der Waals surface area contributed by atoms with Crippen molar-refractivity contribution in [3.8, 4) is 16.9 Å². The number of hydrogen-bond donors (Lipinski definition) is 2. The van der Waals surface area contributed by atoms with Crippen LogP contribution < -0.4 is 15.0 Å². The van der Waals surface area contributed by atoms with Gasteiger partial charge < -0.3 is 29.4 Å². The van der Waals surface area contributed by atoms with Gasteiger partial charge in [-0.15, -0.1) is 0 Å². The van der Waals surface area contributed by atoms with Gasteiger partial charge in [-0.2, -0.15) is 0 Å². The molecule has 0 saturated carbocycles. The van der Waals surface area contributed by atoms with Crippen LogP contribution in [0.15, 0.2) is 89.5 Å². The number of nitrogens with one attached hydrogen (secondary N) is 1. The Bertz CT molecular complexity index is 1930. The number of nitrogens with zero attached hydrogens (tertiary/aromatic N) is 2.